The first-order chi connectivity index (χ1) is 16.2. The summed E-state index contributed by atoms with van der Waals surface area (Å²) in [7, 11) is 1.40. The van der Waals surface area contributed by atoms with E-state index in [0.717, 1.165) is 10.1 Å². The number of anilines is 2. The summed E-state index contributed by atoms with van der Waals surface area (Å²) < 4.78 is 21.8. The number of ether oxygens (including phenoxy) is 1. The molecule has 0 spiro atoms. The minimum absolute atomic E-state index is 0.0354. The lowest BCUT2D eigenvalue weighted by Crippen LogP contribution is -2.45. The molecule has 1 heterocycles. The number of rotatable bonds is 8. The Hall–Kier alpha value is -3.66. The fourth-order valence-electron chi connectivity index (χ4n) is 3.13. The van der Waals surface area contributed by atoms with Crippen LogP contribution in [0, 0.1) is 5.82 Å². The van der Waals surface area contributed by atoms with Crippen molar-refractivity contribution < 1.29 is 13.9 Å². The molecule has 1 amide bonds. The van der Waals surface area contributed by atoms with Crippen LogP contribution in [0.1, 0.15) is 20.3 Å². The lowest BCUT2D eigenvalue weighted by Gasteiger charge is -2.16. The van der Waals surface area contributed by atoms with Gasteiger partial charge in [-0.05, 0) is 44.1 Å². The Kier molecular flexibility index (Phi) is 8.06. The molecule has 1 aromatic heterocycles. The van der Waals surface area contributed by atoms with Gasteiger partial charge >= 0.3 is 11.4 Å². The van der Waals surface area contributed by atoms with Gasteiger partial charge in [0.15, 0.2) is 11.6 Å². The van der Waals surface area contributed by atoms with Crippen molar-refractivity contribution in [2.75, 3.05) is 12.4 Å². The van der Waals surface area contributed by atoms with Crippen molar-refractivity contribution in [2.45, 2.75) is 39.5 Å². The fourth-order valence-corrected chi connectivity index (χ4v) is 3.28. The zero-order chi connectivity index (χ0) is 24.8. The van der Waals surface area contributed by atoms with Gasteiger partial charge in [-0.2, -0.15) is 4.98 Å². The molecule has 0 saturated carbocycles. The molecule has 0 aliphatic heterocycles. The maximum Gasteiger partial charge on any atom is 0.355 e. The second-order valence-corrected chi connectivity index (χ2v) is 8.16. The highest BCUT2D eigenvalue weighted by atomic mass is 35.5. The maximum atomic E-state index is 14.5. The molecule has 180 valence electrons. The van der Waals surface area contributed by atoms with Crippen molar-refractivity contribution in [3.63, 3.8) is 0 Å². The monoisotopic (exact) mass is 489 g/mol. The highest BCUT2D eigenvalue weighted by Gasteiger charge is 2.17. The van der Waals surface area contributed by atoms with E-state index < -0.39 is 29.6 Å². The van der Waals surface area contributed by atoms with Gasteiger partial charge < -0.3 is 15.4 Å². The number of amides is 1. The molecule has 0 bridgehead atoms. The number of halogens is 2. The van der Waals surface area contributed by atoms with E-state index in [4.69, 9.17) is 16.3 Å². The largest absolute Gasteiger partial charge is 0.488 e. The number of nitrogens with one attached hydrogen (secondary N) is 2. The van der Waals surface area contributed by atoms with Crippen molar-refractivity contribution in [1.29, 1.82) is 0 Å². The summed E-state index contributed by atoms with van der Waals surface area (Å²) in [6.07, 6.45) is 7.45. The van der Waals surface area contributed by atoms with Crippen LogP contribution in [0.15, 0.2) is 62.7 Å². The van der Waals surface area contributed by atoms with Crippen LogP contribution in [0.4, 0.5) is 16.0 Å². The first kappa shape index (κ1) is 25.0. The molecule has 0 saturated heterocycles. The number of hydrogen-bond acceptors (Lipinski definition) is 6. The molecule has 1 aliphatic rings. The third-order valence-electron chi connectivity index (χ3n) is 4.77. The van der Waals surface area contributed by atoms with E-state index in [1.807, 2.05) is 6.08 Å². The van der Waals surface area contributed by atoms with Crippen molar-refractivity contribution in [3.8, 4) is 5.75 Å². The Labute approximate surface area is 200 Å². The van der Waals surface area contributed by atoms with Gasteiger partial charge in [0.25, 0.3) is 0 Å². The molecule has 0 unspecified atom stereocenters. The summed E-state index contributed by atoms with van der Waals surface area (Å²) in [5.41, 5.74) is -0.671. The van der Waals surface area contributed by atoms with E-state index in [0.29, 0.717) is 11.5 Å². The molecule has 3 rings (SSSR count). The van der Waals surface area contributed by atoms with E-state index in [2.05, 4.69) is 15.6 Å². The third-order valence-corrected chi connectivity index (χ3v) is 5.05. The second-order valence-electron chi connectivity index (χ2n) is 7.72. The molecule has 0 radical (unpaired) electrons. The molecule has 2 aromatic rings. The van der Waals surface area contributed by atoms with E-state index in [1.165, 1.54) is 23.7 Å². The van der Waals surface area contributed by atoms with Gasteiger partial charge in [-0.3, -0.25) is 9.36 Å². The Bertz CT molecular complexity index is 1290. The third kappa shape index (κ3) is 6.22. The summed E-state index contributed by atoms with van der Waals surface area (Å²) in [6.45, 7) is 3.11. The van der Waals surface area contributed by atoms with Crippen LogP contribution in [0.2, 0.25) is 0 Å². The minimum Gasteiger partial charge on any atom is -0.488 e. The maximum absolute atomic E-state index is 14.5. The molecule has 1 aliphatic carbocycles. The van der Waals surface area contributed by atoms with Gasteiger partial charge in [-0.15, -0.1) is 0 Å². The van der Waals surface area contributed by atoms with Gasteiger partial charge in [0, 0.05) is 23.8 Å². The lowest BCUT2D eigenvalue weighted by atomic mass is 10.2. The Balaban J connectivity index is 2.03. The number of aromatic nitrogens is 3. The smallest absolute Gasteiger partial charge is 0.355 e. The highest BCUT2D eigenvalue weighted by molar-refractivity contribution is 6.31. The molecule has 34 heavy (non-hydrogen) atoms. The van der Waals surface area contributed by atoms with Crippen LogP contribution in [-0.4, -0.2) is 33.2 Å². The molecule has 0 atom stereocenters. The van der Waals surface area contributed by atoms with Crippen molar-refractivity contribution in [2.24, 2.45) is 0 Å². The Morgan fingerprint density at radius 3 is 2.68 bits per heavy atom. The van der Waals surface area contributed by atoms with Gasteiger partial charge in [-0.25, -0.2) is 18.5 Å². The predicted molar refractivity (Wildman–Crippen MR) is 128 cm³/mol. The Morgan fingerprint density at radius 2 is 2.00 bits per heavy atom. The van der Waals surface area contributed by atoms with Gasteiger partial charge in [0.2, 0.25) is 11.9 Å². The summed E-state index contributed by atoms with van der Waals surface area (Å²) in [4.78, 5) is 41.5. The lowest BCUT2D eigenvalue weighted by molar-refractivity contribution is -0.121. The van der Waals surface area contributed by atoms with Gasteiger partial charge in [-0.1, -0.05) is 29.8 Å². The van der Waals surface area contributed by atoms with E-state index >= 15 is 0 Å². The summed E-state index contributed by atoms with van der Waals surface area (Å²) in [5.74, 6) is -1.17. The number of hydrogen-bond donors (Lipinski definition) is 2. The first-order valence-corrected chi connectivity index (χ1v) is 10.9. The summed E-state index contributed by atoms with van der Waals surface area (Å²) >= 11 is 6.05. The summed E-state index contributed by atoms with van der Waals surface area (Å²) in [6, 6.07) is 4.16. The van der Waals surface area contributed by atoms with Crippen molar-refractivity contribution in [1.82, 2.24) is 19.4 Å². The topological polar surface area (TPSA) is 107 Å². The Morgan fingerprint density at radius 1 is 1.24 bits per heavy atom. The zero-order valence-corrected chi connectivity index (χ0v) is 19.7. The molecular formula is C23H25ClFN5O4. The van der Waals surface area contributed by atoms with Crippen LogP contribution in [0.25, 0.3) is 0 Å². The molecule has 9 nitrogen and oxygen atoms in total. The first-order valence-electron chi connectivity index (χ1n) is 10.6. The number of allylic oxidation sites excluding steroid dienone is 6. The van der Waals surface area contributed by atoms with Crippen LogP contribution in [0.5, 0.6) is 5.75 Å². The number of carbonyl (C=O) groups is 1. The molecule has 11 heteroatoms. The molecule has 0 fully saturated rings. The molecule has 2 N–H and O–H groups in total. The van der Waals surface area contributed by atoms with Crippen LogP contribution in [-0.2, 0) is 17.9 Å². The standard InChI is InChI=1S/C23H25ClFN5O4/c1-14(2)34-19-10-9-17(11-18(19)25)27-21-28-22(32)30(13-20(31)26-3)23(33)29(21)12-15-5-4-6-16(24)8-7-15/h5-11,14H,4,12-13H2,1-3H3,(H,26,31)(H,27,28,32). The normalized spacial score (nSPS) is 13.2. The van der Waals surface area contributed by atoms with Gasteiger partial charge in [0.1, 0.15) is 6.54 Å². The quantitative estimate of drug-likeness (QED) is 0.590. The number of likely N-dealkylation sites (N-methyl/N-ethyl adjacent to an activating group) is 1. The van der Waals surface area contributed by atoms with E-state index in [9.17, 15) is 18.8 Å². The van der Waals surface area contributed by atoms with Crippen LogP contribution < -0.4 is 26.7 Å². The number of benzene rings is 1. The van der Waals surface area contributed by atoms with E-state index in [1.54, 1.807) is 38.1 Å². The zero-order valence-electron chi connectivity index (χ0n) is 19.0. The van der Waals surface area contributed by atoms with Crippen LogP contribution in [0.3, 0.4) is 0 Å². The number of nitrogens with zero attached hydrogens (tertiary/aromatic N) is 3. The average Bonchev–Trinajstić information content (AvgIpc) is 2.99. The molecule has 1 aromatic carbocycles. The fraction of sp³-hybridized carbons (Fsp3) is 0.304. The van der Waals surface area contributed by atoms with Crippen molar-refractivity contribution >= 4 is 29.1 Å². The second kappa shape index (κ2) is 11.0. The highest BCUT2D eigenvalue weighted by Crippen LogP contribution is 2.24. The van der Waals surface area contributed by atoms with Crippen molar-refractivity contribution in [3.05, 3.63) is 79.9 Å². The van der Waals surface area contributed by atoms with Gasteiger partial charge in [0.05, 0.1) is 12.6 Å². The van der Waals surface area contributed by atoms with E-state index in [-0.39, 0.29) is 30.0 Å². The average molecular weight is 490 g/mol. The number of carbonyl (C=O) groups excluding carboxylic acids is 1. The van der Waals surface area contributed by atoms with Crippen LogP contribution >= 0.6 is 11.6 Å². The summed E-state index contributed by atoms with van der Waals surface area (Å²) in [5, 5.41) is 5.76. The SMILES string of the molecule is CNC(=O)Cn1c(=O)nc(Nc2ccc(OC(C)C)c(F)c2)n(CC2=CCC=C(Cl)C=C2)c1=O. The predicted octanol–water partition coefficient (Wildman–Crippen LogP) is 2.83. The minimum atomic E-state index is -0.914. The molecular weight excluding hydrogens is 465 g/mol.